The zero-order chi connectivity index (χ0) is 25.8. The Morgan fingerprint density at radius 3 is 2.33 bits per heavy atom. The van der Waals surface area contributed by atoms with Crippen molar-refractivity contribution in [2.24, 2.45) is 0 Å². The number of anilines is 2. The van der Waals surface area contributed by atoms with Crippen LogP contribution in [0.5, 0.6) is 17.2 Å². The van der Waals surface area contributed by atoms with Crippen molar-refractivity contribution in [1.82, 2.24) is 0 Å². The summed E-state index contributed by atoms with van der Waals surface area (Å²) in [4.78, 5) is 29.0. The average molecular weight is 507 g/mol. The molecule has 0 fully saturated rings. The maximum Gasteiger partial charge on any atom is 0.244 e. The Hall–Kier alpha value is -3.65. The molecule has 7 nitrogen and oxygen atoms in total. The van der Waals surface area contributed by atoms with E-state index in [4.69, 9.17) is 14.2 Å². The van der Waals surface area contributed by atoms with Crippen LogP contribution in [0.1, 0.15) is 28.4 Å². The number of nitrogens with zero attached hydrogens (tertiary/aromatic N) is 1. The van der Waals surface area contributed by atoms with Gasteiger partial charge in [-0.3, -0.25) is 9.59 Å². The zero-order valence-corrected chi connectivity index (χ0v) is 21.9. The lowest BCUT2D eigenvalue weighted by molar-refractivity contribution is -0.121. The maximum absolute atomic E-state index is 13.5. The molecule has 0 aliphatic carbocycles. The van der Waals surface area contributed by atoms with Gasteiger partial charge in [-0.2, -0.15) is 0 Å². The number of carbonyl (C=O) groups is 2. The molecule has 0 saturated carbocycles. The monoisotopic (exact) mass is 506 g/mol. The number of fused-ring (bicyclic) bond motifs is 1. The van der Waals surface area contributed by atoms with Crippen molar-refractivity contribution >= 4 is 35.0 Å². The lowest BCUT2D eigenvalue weighted by Gasteiger charge is -2.22. The summed E-state index contributed by atoms with van der Waals surface area (Å²) < 4.78 is 16.5. The van der Waals surface area contributed by atoms with Crippen LogP contribution in [-0.2, 0) is 9.59 Å². The third-order valence-corrected chi connectivity index (χ3v) is 7.43. The van der Waals surface area contributed by atoms with Crippen LogP contribution in [0.25, 0.3) is 0 Å². The molecule has 0 radical (unpaired) electrons. The second kappa shape index (κ2) is 11.0. The fourth-order valence-electron chi connectivity index (χ4n) is 4.31. The van der Waals surface area contributed by atoms with Crippen molar-refractivity contribution in [3.63, 3.8) is 0 Å². The van der Waals surface area contributed by atoms with E-state index in [1.165, 1.54) is 0 Å². The minimum atomic E-state index is -0.249. The van der Waals surface area contributed by atoms with Crippen LogP contribution in [0.4, 0.5) is 11.4 Å². The van der Waals surface area contributed by atoms with Gasteiger partial charge < -0.3 is 24.4 Å². The van der Waals surface area contributed by atoms with Crippen LogP contribution in [0.3, 0.4) is 0 Å². The van der Waals surface area contributed by atoms with Crippen molar-refractivity contribution in [3.05, 3.63) is 71.3 Å². The maximum atomic E-state index is 13.5. The van der Waals surface area contributed by atoms with E-state index in [1.807, 2.05) is 68.4 Å². The lowest BCUT2D eigenvalue weighted by atomic mass is 10.1. The highest BCUT2D eigenvalue weighted by atomic mass is 32.2. The van der Waals surface area contributed by atoms with E-state index >= 15 is 0 Å². The Labute approximate surface area is 215 Å². The van der Waals surface area contributed by atoms with Crippen LogP contribution in [0, 0.1) is 13.8 Å². The molecular formula is C28H30N2O5S. The molecule has 1 aliphatic heterocycles. The molecule has 1 aliphatic rings. The first-order chi connectivity index (χ1) is 17.3. The fraction of sp³-hybridized carbons (Fsp3) is 0.286. The van der Waals surface area contributed by atoms with E-state index < -0.39 is 0 Å². The lowest BCUT2D eigenvalue weighted by Crippen LogP contribution is -2.38. The van der Waals surface area contributed by atoms with Gasteiger partial charge >= 0.3 is 0 Å². The fourth-order valence-corrected chi connectivity index (χ4v) is 5.57. The molecule has 2 amide bonds. The van der Waals surface area contributed by atoms with Gasteiger partial charge in [-0.25, -0.2) is 0 Å². The number of para-hydroxylation sites is 1. The van der Waals surface area contributed by atoms with Crippen molar-refractivity contribution < 1.29 is 23.8 Å². The number of carbonyl (C=O) groups excluding carboxylic acids is 2. The SMILES string of the molecule is COc1cc([C@H]2CC(=O)N(CC(=O)Nc3ccc(C)cc3C)c3ccccc3S2)cc(OC)c1OC. The van der Waals surface area contributed by atoms with Gasteiger partial charge in [0.15, 0.2) is 11.5 Å². The first kappa shape index (κ1) is 25.4. The number of amides is 2. The number of rotatable bonds is 7. The van der Waals surface area contributed by atoms with E-state index in [2.05, 4.69) is 5.32 Å². The van der Waals surface area contributed by atoms with Gasteiger partial charge in [0.2, 0.25) is 17.6 Å². The summed E-state index contributed by atoms with van der Waals surface area (Å²) in [7, 11) is 4.69. The summed E-state index contributed by atoms with van der Waals surface area (Å²) in [6.07, 6.45) is 0.203. The van der Waals surface area contributed by atoms with Crippen molar-refractivity contribution in [1.29, 1.82) is 0 Å². The molecule has 0 spiro atoms. The number of hydrogen-bond acceptors (Lipinski definition) is 6. The highest BCUT2D eigenvalue weighted by molar-refractivity contribution is 7.99. The summed E-state index contributed by atoms with van der Waals surface area (Å²) in [5.41, 5.74) is 4.43. The van der Waals surface area contributed by atoms with E-state index in [1.54, 1.807) is 38.0 Å². The van der Waals surface area contributed by atoms with Crippen molar-refractivity contribution in [3.8, 4) is 17.2 Å². The van der Waals surface area contributed by atoms with Crippen molar-refractivity contribution in [2.75, 3.05) is 38.1 Å². The molecule has 1 N–H and O–H groups in total. The number of hydrogen-bond donors (Lipinski definition) is 1. The van der Waals surface area contributed by atoms with Gasteiger partial charge in [0.05, 0.1) is 27.0 Å². The summed E-state index contributed by atoms with van der Waals surface area (Å²) in [6, 6.07) is 17.3. The molecule has 36 heavy (non-hydrogen) atoms. The summed E-state index contributed by atoms with van der Waals surface area (Å²) >= 11 is 1.58. The van der Waals surface area contributed by atoms with E-state index in [9.17, 15) is 9.59 Å². The quantitative estimate of drug-likeness (QED) is 0.454. The molecule has 0 unspecified atom stereocenters. The highest BCUT2D eigenvalue weighted by Gasteiger charge is 2.31. The Balaban J connectivity index is 1.63. The first-order valence-electron chi connectivity index (χ1n) is 11.6. The van der Waals surface area contributed by atoms with Crippen molar-refractivity contribution in [2.45, 2.75) is 30.4 Å². The van der Waals surface area contributed by atoms with Gasteiger partial charge in [0, 0.05) is 22.3 Å². The molecule has 4 rings (SSSR count). The topological polar surface area (TPSA) is 77.1 Å². The van der Waals surface area contributed by atoms with Crippen LogP contribution in [0.15, 0.2) is 59.5 Å². The van der Waals surface area contributed by atoms with E-state index in [0.29, 0.717) is 17.2 Å². The molecular weight excluding hydrogens is 476 g/mol. The largest absolute Gasteiger partial charge is 0.493 e. The normalized spacial score (nSPS) is 15.1. The van der Waals surface area contributed by atoms with Gasteiger partial charge in [-0.1, -0.05) is 29.8 Å². The number of nitrogens with one attached hydrogen (secondary N) is 1. The number of thioether (sulfide) groups is 1. The first-order valence-corrected chi connectivity index (χ1v) is 12.5. The predicted octanol–water partition coefficient (Wildman–Crippen LogP) is 5.54. The third kappa shape index (κ3) is 5.28. The predicted molar refractivity (Wildman–Crippen MR) is 143 cm³/mol. The Bertz CT molecular complexity index is 1270. The molecule has 8 heteroatoms. The standard InChI is InChI=1S/C28H30N2O5S/c1-17-10-11-20(18(2)12-17)29-26(31)16-30-21-8-6-7-9-24(21)36-25(15-27(30)32)19-13-22(33-3)28(35-5)23(14-19)34-4/h6-14,25H,15-16H2,1-5H3,(H,29,31)/t25-/m1/s1. The summed E-state index contributed by atoms with van der Waals surface area (Å²) in [5.74, 6) is 1.17. The molecule has 1 heterocycles. The molecule has 3 aromatic carbocycles. The molecule has 3 aromatic rings. The molecule has 1 atom stereocenters. The Kier molecular flexibility index (Phi) is 7.74. The third-order valence-electron chi connectivity index (χ3n) is 6.10. The second-order valence-corrected chi connectivity index (χ2v) is 9.83. The summed E-state index contributed by atoms with van der Waals surface area (Å²) in [6.45, 7) is 3.88. The summed E-state index contributed by atoms with van der Waals surface area (Å²) in [5, 5.41) is 2.75. The highest BCUT2D eigenvalue weighted by Crippen LogP contribution is 2.49. The molecule has 0 saturated heterocycles. The van der Waals surface area contributed by atoms with Crippen LogP contribution in [-0.4, -0.2) is 39.7 Å². The van der Waals surface area contributed by atoms with Crippen LogP contribution in [0.2, 0.25) is 0 Å². The smallest absolute Gasteiger partial charge is 0.244 e. The molecule has 0 bridgehead atoms. The molecule has 0 aromatic heterocycles. The number of aryl methyl sites for hydroxylation is 2. The zero-order valence-electron chi connectivity index (χ0n) is 21.1. The number of benzene rings is 3. The van der Waals surface area contributed by atoms with Gasteiger partial charge in [-0.15, -0.1) is 11.8 Å². The minimum absolute atomic E-state index is 0.0777. The van der Waals surface area contributed by atoms with E-state index in [-0.39, 0.29) is 30.0 Å². The minimum Gasteiger partial charge on any atom is -0.493 e. The van der Waals surface area contributed by atoms with Gasteiger partial charge in [-0.05, 0) is 55.3 Å². The molecule has 188 valence electrons. The van der Waals surface area contributed by atoms with Gasteiger partial charge in [0.1, 0.15) is 6.54 Å². The van der Waals surface area contributed by atoms with E-state index in [0.717, 1.165) is 33.0 Å². The number of ether oxygens (including phenoxy) is 3. The average Bonchev–Trinajstić information content (AvgIpc) is 3.01. The second-order valence-electron chi connectivity index (χ2n) is 8.58. The Morgan fingerprint density at radius 1 is 1.00 bits per heavy atom. The van der Waals surface area contributed by atoms with Gasteiger partial charge in [0.25, 0.3) is 0 Å². The van der Waals surface area contributed by atoms with Crippen LogP contribution >= 0.6 is 11.8 Å². The Morgan fingerprint density at radius 2 is 1.69 bits per heavy atom. The number of methoxy groups -OCH3 is 3. The van der Waals surface area contributed by atoms with Crippen LogP contribution < -0.4 is 24.4 Å².